The number of hydrogen-bond donors (Lipinski definition) is 1. The number of rotatable bonds is 1. The van der Waals surface area contributed by atoms with Crippen molar-refractivity contribution in [1.82, 2.24) is 15.0 Å². The van der Waals surface area contributed by atoms with Gasteiger partial charge < -0.3 is 5.11 Å². The monoisotopic (exact) mass is 239 g/mol. The van der Waals surface area contributed by atoms with Crippen molar-refractivity contribution >= 4 is 17.1 Å². The smallest absolute Gasteiger partial charge is 0.434 e. The van der Waals surface area contributed by atoms with E-state index in [0.717, 1.165) is 15.8 Å². The summed E-state index contributed by atoms with van der Waals surface area (Å²) in [7, 11) is 0. The lowest BCUT2D eigenvalue weighted by Crippen LogP contribution is -2.09. The Labute approximate surface area is 102 Å². The number of benzene rings is 2. The molecule has 0 aliphatic heterocycles. The molecule has 0 saturated heterocycles. The lowest BCUT2D eigenvalue weighted by molar-refractivity contribution is 0.193. The molecule has 0 aliphatic carbocycles. The van der Waals surface area contributed by atoms with E-state index < -0.39 is 6.09 Å². The van der Waals surface area contributed by atoms with Gasteiger partial charge in [-0.25, -0.2) is 4.79 Å². The molecule has 1 aromatic heterocycles. The fourth-order valence-corrected chi connectivity index (χ4v) is 1.94. The van der Waals surface area contributed by atoms with Crippen LogP contribution in [-0.4, -0.2) is 26.2 Å². The van der Waals surface area contributed by atoms with Gasteiger partial charge in [0.05, 0.1) is 0 Å². The van der Waals surface area contributed by atoms with Crippen LogP contribution in [0.25, 0.3) is 22.2 Å². The predicted molar refractivity (Wildman–Crippen MR) is 66.4 cm³/mol. The highest BCUT2D eigenvalue weighted by Crippen LogP contribution is 2.26. The van der Waals surface area contributed by atoms with Gasteiger partial charge in [0.1, 0.15) is 11.0 Å². The average molecular weight is 239 g/mol. The Kier molecular flexibility index (Phi) is 2.30. The molecule has 0 bridgehead atoms. The van der Waals surface area contributed by atoms with E-state index in [1.54, 1.807) is 12.1 Å². The van der Waals surface area contributed by atoms with Gasteiger partial charge in [0.25, 0.3) is 0 Å². The van der Waals surface area contributed by atoms with E-state index >= 15 is 0 Å². The molecule has 0 saturated carbocycles. The van der Waals surface area contributed by atoms with Crippen molar-refractivity contribution in [3.05, 3.63) is 48.5 Å². The van der Waals surface area contributed by atoms with Crippen molar-refractivity contribution in [2.24, 2.45) is 0 Å². The molecule has 0 atom stereocenters. The maximum atomic E-state index is 11.0. The molecular formula is C13H9N3O2. The normalized spacial score (nSPS) is 10.7. The average Bonchev–Trinajstić information content (AvgIpc) is 2.83. The highest BCUT2D eigenvalue weighted by molar-refractivity contribution is 5.94. The zero-order valence-corrected chi connectivity index (χ0v) is 9.32. The van der Waals surface area contributed by atoms with E-state index in [0.29, 0.717) is 11.0 Å². The third kappa shape index (κ3) is 1.53. The second-order valence-corrected chi connectivity index (χ2v) is 3.82. The maximum absolute atomic E-state index is 11.0. The van der Waals surface area contributed by atoms with Crippen LogP contribution in [-0.2, 0) is 0 Å². The Morgan fingerprint density at radius 2 is 1.83 bits per heavy atom. The summed E-state index contributed by atoms with van der Waals surface area (Å²) in [6.07, 6.45) is -1.14. The van der Waals surface area contributed by atoms with Gasteiger partial charge in [0.15, 0.2) is 0 Å². The molecule has 5 nitrogen and oxygen atoms in total. The van der Waals surface area contributed by atoms with Crippen molar-refractivity contribution in [3.63, 3.8) is 0 Å². The van der Waals surface area contributed by atoms with E-state index in [-0.39, 0.29) is 0 Å². The fraction of sp³-hybridized carbons (Fsp3) is 0. The summed E-state index contributed by atoms with van der Waals surface area (Å²) in [5.74, 6) is 0. The summed E-state index contributed by atoms with van der Waals surface area (Å²) < 4.78 is 0.877. The minimum atomic E-state index is -1.14. The van der Waals surface area contributed by atoms with Crippen LogP contribution in [0.5, 0.6) is 0 Å². The first-order valence-electron chi connectivity index (χ1n) is 5.40. The largest absolute Gasteiger partial charge is 0.463 e. The van der Waals surface area contributed by atoms with E-state index in [4.69, 9.17) is 5.11 Å². The van der Waals surface area contributed by atoms with Crippen LogP contribution in [0.15, 0.2) is 48.5 Å². The van der Waals surface area contributed by atoms with E-state index in [2.05, 4.69) is 10.3 Å². The molecule has 2 aromatic carbocycles. The Balaban J connectivity index is 2.29. The van der Waals surface area contributed by atoms with Crippen LogP contribution >= 0.6 is 0 Å². The first kappa shape index (κ1) is 10.5. The second-order valence-electron chi connectivity index (χ2n) is 3.82. The molecule has 3 aromatic rings. The Hall–Kier alpha value is -2.69. The van der Waals surface area contributed by atoms with Gasteiger partial charge in [0, 0.05) is 5.56 Å². The van der Waals surface area contributed by atoms with Gasteiger partial charge in [0.2, 0.25) is 0 Å². The third-order valence-corrected chi connectivity index (χ3v) is 2.74. The number of hydrogen-bond acceptors (Lipinski definition) is 3. The van der Waals surface area contributed by atoms with Gasteiger partial charge in [-0.05, 0) is 11.6 Å². The summed E-state index contributed by atoms with van der Waals surface area (Å²) >= 11 is 0. The SMILES string of the molecule is O=C(O)n1nnc2c(-c3ccccc3)cccc21. The Bertz CT molecular complexity index is 719. The van der Waals surface area contributed by atoms with Gasteiger partial charge in [-0.15, -0.1) is 9.78 Å². The molecule has 0 aliphatic rings. The van der Waals surface area contributed by atoms with Crippen LogP contribution in [0.2, 0.25) is 0 Å². The van der Waals surface area contributed by atoms with E-state index in [9.17, 15) is 4.79 Å². The molecule has 18 heavy (non-hydrogen) atoms. The second kappa shape index (κ2) is 3.96. The van der Waals surface area contributed by atoms with Crippen LogP contribution in [0.4, 0.5) is 4.79 Å². The highest BCUT2D eigenvalue weighted by atomic mass is 16.4. The lowest BCUT2D eigenvalue weighted by Gasteiger charge is -2.01. The minimum Gasteiger partial charge on any atom is -0.463 e. The molecule has 0 unspecified atom stereocenters. The number of carboxylic acid groups (broad SMARTS) is 1. The highest BCUT2D eigenvalue weighted by Gasteiger charge is 2.13. The number of fused-ring (bicyclic) bond motifs is 1. The summed E-state index contributed by atoms with van der Waals surface area (Å²) in [5, 5.41) is 16.6. The standard InChI is InChI=1S/C13H9N3O2/c17-13(18)16-11-8-4-7-10(12(11)14-15-16)9-5-2-1-3-6-9/h1-8H,(H,17,18). The topological polar surface area (TPSA) is 68.0 Å². The van der Waals surface area contributed by atoms with Crippen molar-refractivity contribution in [1.29, 1.82) is 0 Å². The molecule has 88 valence electrons. The molecule has 0 amide bonds. The van der Waals surface area contributed by atoms with Crippen LogP contribution in [0, 0.1) is 0 Å². The van der Waals surface area contributed by atoms with Gasteiger partial charge >= 0.3 is 6.09 Å². The quantitative estimate of drug-likeness (QED) is 0.708. The van der Waals surface area contributed by atoms with Gasteiger partial charge in [-0.3, -0.25) is 0 Å². The van der Waals surface area contributed by atoms with Crippen molar-refractivity contribution < 1.29 is 9.90 Å². The third-order valence-electron chi connectivity index (χ3n) is 2.74. The van der Waals surface area contributed by atoms with Crippen molar-refractivity contribution in [2.75, 3.05) is 0 Å². The van der Waals surface area contributed by atoms with E-state index in [1.807, 2.05) is 36.4 Å². The van der Waals surface area contributed by atoms with Gasteiger partial charge in [-0.1, -0.05) is 47.7 Å². The first-order chi connectivity index (χ1) is 8.77. The first-order valence-corrected chi connectivity index (χ1v) is 5.40. The minimum absolute atomic E-state index is 0.490. The molecule has 3 rings (SSSR count). The molecule has 0 radical (unpaired) electrons. The van der Waals surface area contributed by atoms with Gasteiger partial charge in [-0.2, -0.15) is 0 Å². The summed E-state index contributed by atoms with van der Waals surface area (Å²) in [6.45, 7) is 0. The van der Waals surface area contributed by atoms with Crippen LogP contribution in [0.3, 0.4) is 0 Å². The van der Waals surface area contributed by atoms with Crippen molar-refractivity contribution in [2.45, 2.75) is 0 Å². The molecular weight excluding hydrogens is 230 g/mol. The predicted octanol–water partition coefficient (Wildman–Crippen LogP) is 2.62. The lowest BCUT2D eigenvalue weighted by atomic mass is 10.0. The maximum Gasteiger partial charge on any atom is 0.434 e. The number of nitrogens with zero attached hydrogens (tertiary/aromatic N) is 3. The number of carbonyl (C=O) groups is 1. The molecule has 0 fully saturated rings. The Morgan fingerprint density at radius 3 is 2.56 bits per heavy atom. The number of aromatic nitrogens is 3. The van der Waals surface area contributed by atoms with Crippen LogP contribution in [0.1, 0.15) is 0 Å². The van der Waals surface area contributed by atoms with E-state index in [1.165, 1.54) is 0 Å². The van der Waals surface area contributed by atoms with Crippen LogP contribution < -0.4 is 0 Å². The fourth-order valence-electron chi connectivity index (χ4n) is 1.94. The molecule has 0 spiro atoms. The molecule has 1 heterocycles. The molecule has 5 heteroatoms. The summed E-state index contributed by atoms with van der Waals surface area (Å²) in [4.78, 5) is 11.0. The Morgan fingerprint density at radius 1 is 1.06 bits per heavy atom. The summed E-state index contributed by atoms with van der Waals surface area (Å²) in [5.41, 5.74) is 2.94. The zero-order valence-electron chi connectivity index (χ0n) is 9.32. The molecule has 1 N–H and O–H groups in total. The van der Waals surface area contributed by atoms with Crippen molar-refractivity contribution in [3.8, 4) is 11.1 Å². The zero-order chi connectivity index (χ0) is 12.5. The summed E-state index contributed by atoms with van der Waals surface area (Å²) in [6, 6.07) is 15.1.